The highest BCUT2D eigenvalue weighted by molar-refractivity contribution is 5.72. The molecule has 1 N–H and O–H groups in total. The van der Waals surface area contributed by atoms with E-state index in [0.29, 0.717) is 13.0 Å². The highest BCUT2D eigenvalue weighted by Gasteiger charge is 1.96. The summed E-state index contributed by atoms with van der Waals surface area (Å²) in [6, 6.07) is 7.62. The molecule has 0 spiro atoms. The first-order valence-electron chi connectivity index (χ1n) is 4.48. The van der Waals surface area contributed by atoms with Gasteiger partial charge in [-0.25, -0.2) is 0 Å². The molecule has 0 atom stereocenters. The van der Waals surface area contributed by atoms with Crippen LogP contribution in [0.15, 0.2) is 24.3 Å². The minimum Gasteiger partial charge on any atom is -0.352 e. The molecule has 74 valence electrons. The smallest absolute Gasteiger partial charge is 0.217 e. The van der Waals surface area contributed by atoms with Gasteiger partial charge in [0.05, 0.1) is 0 Å². The highest BCUT2D eigenvalue weighted by atomic mass is 16.1. The van der Waals surface area contributed by atoms with Crippen LogP contribution in [0.25, 0.3) is 0 Å². The summed E-state index contributed by atoms with van der Waals surface area (Å²) in [5.74, 6) is -0.0502. The van der Waals surface area contributed by atoms with Crippen LogP contribution >= 0.6 is 0 Å². The molecule has 0 aromatic heterocycles. The van der Waals surface area contributed by atoms with E-state index in [1.54, 1.807) is 0 Å². The molecule has 0 aliphatic rings. The van der Waals surface area contributed by atoms with E-state index >= 15 is 0 Å². The second-order valence-corrected chi connectivity index (χ2v) is 3.10. The molecular weight excluding hydrogens is 178 g/mol. The number of nitrogens with one attached hydrogen (secondary N) is 1. The molecule has 1 rings (SSSR count). The Morgan fingerprint density at radius 2 is 2.14 bits per heavy atom. The third-order valence-electron chi connectivity index (χ3n) is 1.85. The average Bonchev–Trinajstić information content (AvgIpc) is 2.16. The number of aldehydes is 1. The van der Waals surface area contributed by atoms with E-state index < -0.39 is 0 Å². The van der Waals surface area contributed by atoms with Gasteiger partial charge in [0.25, 0.3) is 0 Å². The van der Waals surface area contributed by atoms with Crippen LogP contribution in [-0.4, -0.2) is 12.2 Å². The summed E-state index contributed by atoms with van der Waals surface area (Å²) in [4.78, 5) is 20.9. The van der Waals surface area contributed by atoms with Gasteiger partial charge in [0.15, 0.2) is 0 Å². The molecule has 0 aliphatic heterocycles. The SMILES string of the molecule is CC(=O)NCc1cccc(CC=O)c1. The van der Waals surface area contributed by atoms with Gasteiger partial charge in [0.2, 0.25) is 5.91 Å². The Labute approximate surface area is 83.1 Å². The number of benzene rings is 1. The predicted octanol–water partition coefficient (Wildman–Crippen LogP) is 1.06. The lowest BCUT2D eigenvalue weighted by molar-refractivity contribution is -0.119. The molecule has 1 aromatic rings. The summed E-state index contributed by atoms with van der Waals surface area (Å²) in [5.41, 5.74) is 1.99. The van der Waals surface area contributed by atoms with Crippen molar-refractivity contribution >= 4 is 12.2 Å². The first-order chi connectivity index (χ1) is 6.72. The molecule has 3 heteroatoms. The van der Waals surface area contributed by atoms with Gasteiger partial charge in [-0.15, -0.1) is 0 Å². The van der Waals surface area contributed by atoms with Crippen molar-refractivity contribution in [1.29, 1.82) is 0 Å². The van der Waals surface area contributed by atoms with Crippen LogP contribution in [0, 0.1) is 0 Å². The van der Waals surface area contributed by atoms with E-state index in [1.807, 2.05) is 24.3 Å². The van der Waals surface area contributed by atoms with Crippen molar-refractivity contribution in [2.75, 3.05) is 0 Å². The molecule has 0 radical (unpaired) electrons. The lowest BCUT2D eigenvalue weighted by Gasteiger charge is -2.03. The van der Waals surface area contributed by atoms with Crippen LogP contribution in [0.5, 0.6) is 0 Å². The molecule has 0 saturated carbocycles. The number of carbonyl (C=O) groups is 2. The van der Waals surface area contributed by atoms with Crippen molar-refractivity contribution in [2.24, 2.45) is 0 Å². The molecule has 1 aromatic carbocycles. The Balaban J connectivity index is 2.63. The zero-order valence-corrected chi connectivity index (χ0v) is 8.12. The lowest BCUT2D eigenvalue weighted by Crippen LogP contribution is -2.18. The topological polar surface area (TPSA) is 46.2 Å². The monoisotopic (exact) mass is 191 g/mol. The van der Waals surface area contributed by atoms with Crippen LogP contribution in [0.1, 0.15) is 18.1 Å². The number of amides is 1. The van der Waals surface area contributed by atoms with Crippen molar-refractivity contribution in [2.45, 2.75) is 19.9 Å². The molecule has 0 unspecified atom stereocenters. The molecule has 0 saturated heterocycles. The minimum atomic E-state index is -0.0502. The highest BCUT2D eigenvalue weighted by Crippen LogP contribution is 2.04. The standard InChI is InChI=1S/C11H13NO2/c1-9(14)12-8-11-4-2-3-10(7-11)5-6-13/h2-4,6-7H,5,8H2,1H3,(H,12,14). The molecule has 3 nitrogen and oxygen atoms in total. The maximum atomic E-state index is 10.7. The average molecular weight is 191 g/mol. The molecule has 1 amide bonds. The van der Waals surface area contributed by atoms with Crippen LogP contribution in [0.2, 0.25) is 0 Å². The number of rotatable bonds is 4. The van der Waals surface area contributed by atoms with Gasteiger partial charge in [-0.05, 0) is 11.1 Å². The first-order valence-corrected chi connectivity index (χ1v) is 4.48. The summed E-state index contributed by atoms with van der Waals surface area (Å²) in [7, 11) is 0. The van der Waals surface area contributed by atoms with E-state index in [9.17, 15) is 9.59 Å². The van der Waals surface area contributed by atoms with Gasteiger partial charge < -0.3 is 10.1 Å². The van der Waals surface area contributed by atoms with Gasteiger partial charge in [0, 0.05) is 19.9 Å². The Kier molecular flexibility index (Phi) is 3.85. The van der Waals surface area contributed by atoms with E-state index in [0.717, 1.165) is 17.4 Å². The van der Waals surface area contributed by atoms with E-state index in [-0.39, 0.29) is 5.91 Å². The Morgan fingerprint density at radius 1 is 1.43 bits per heavy atom. The summed E-state index contributed by atoms with van der Waals surface area (Å²) in [6.45, 7) is 2.00. The summed E-state index contributed by atoms with van der Waals surface area (Å²) >= 11 is 0. The second kappa shape index (κ2) is 5.17. The van der Waals surface area contributed by atoms with Crippen molar-refractivity contribution < 1.29 is 9.59 Å². The van der Waals surface area contributed by atoms with E-state index in [1.165, 1.54) is 6.92 Å². The Hall–Kier alpha value is -1.64. The third-order valence-corrected chi connectivity index (χ3v) is 1.85. The van der Waals surface area contributed by atoms with Crippen molar-refractivity contribution in [3.8, 4) is 0 Å². The fourth-order valence-corrected chi connectivity index (χ4v) is 1.19. The largest absolute Gasteiger partial charge is 0.352 e. The van der Waals surface area contributed by atoms with Gasteiger partial charge in [-0.2, -0.15) is 0 Å². The third kappa shape index (κ3) is 3.39. The number of carbonyl (C=O) groups excluding carboxylic acids is 2. The molecule has 0 aliphatic carbocycles. The molecule has 0 bridgehead atoms. The molecule has 0 heterocycles. The van der Waals surface area contributed by atoms with Gasteiger partial charge in [-0.3, -0.25) is 4.79 Å². The lowest BCUT2D eigenvalue weighted by atomic mass is 10.1. The second-order valence-electron chi connectivity index (χ2n) is 3.10. The van der Waals surface area contributed by atoms with Gasteiger partial charge in [-0.1, -0.05) is 24.3 Å². The first kappa shape index (κ1) is 10.4. The van der Waals surface area contributed by atoms with Crippen LogP contribution in [0.3, 0.4) is 0 Å². The molecule has 0 fully saturated rings. The fourth-order valence-electron chi connectivity index (χ4n) is 1.19. The summed E-state index contributed by atoms with van der Waals surface area (Å²) in [5, 5.41) is 2.70. The van der Waals surface area contributed by atoms with Crippen molar-refractivity contribution in [3.05, 3.63) is 35.4 Å². The summed E-state index contributed by atoms with van der Waals surface area (Å²) < 4.78 is 0. The fraction of sp³-hybridized carbons (Fsp3) is 0.273. The normalized spacial score (nSPS) is 9.50. The van der Waals surface area contributed by atoms with Crippen LogP contribution in [0.4, 0.5) is 0 Å². The number of hydrogen-bond donors (Lipinski definition) is 1. The van der Waals surface area contributed by atoms with Crippen molar-refractivity contribution in [1.82, 2.24) is 5.32 Å². The van der Waals surface area contributed by atoms with Crippen LogP contribution in [-0.2, 0) is 22.6 Å². The van der Waals surface area contributed by atoms with E-state index in [4.69, 9.17) is 0 Å². The zero-order chi connectivity index (χ0) is 10.4. The van der Waals surface area contributed by atoms with Crippen LogP contribution < -0.4 is 5.32 Å². The summed E-state index contributed by atoms with van der Waals surface area (Å²) in [6.07, 6.45) is 1.30. The number of hydrogen-bond acceptors (Lipinski definition) is 2. The molecular formula is C11H13NO2. The maximum absolute atomic E-state index is 10.7. The zero-order valence-electron chi connectivity index (χ0n) is 8.12. The van der Waals surface area contributed by atoms with Gasteiger partial charge >= 0.3 is 0 Å². The van der Waals surface area contributed by atoms with Crippen molar-refractivity contribution in [3.63, 3.8) is 0 Å². The van der Waals surface area contributed by atoms with E-state index in [2.05, 4.69) is 5.32 Å². The quantitative estimate of drug-likeness (QED) is 0.723. The van der Waals surface area contributed by atoms with Gasteiger partial charge in [0.1, 0.15) is 6.29 Å². The maximum Gasteiger partial charge on any atom is 0.217 e. The minimum absolute atomic E-state index is 0.0502. The Morgan fingerprint density at radius 3 is 2.79 bits per heavy atom. The predicted molar refractivity (Wildman–Crippen MR) is 53.7 cm³/mol. The molecule has 14 heavy (non-hydrogen) atoms. The Bertz CT molecular complexity index is 334.